The van der Waals surface area contributed by atoms with Crippen LogP contribution in [0.1, 0.15) is 67.5 Å². The quantitative estimate of drug-likeness (QED) is 0.707. The van der Waals surface area contributed by atoms with Crippen LogP contribution in [0.5, 0.6) is 5.75 Å². The van der Waals surface area contributed by atoms with Crippen molar-refractivity contribution in [3.8, 4) is 5.75 Å². The lowest BCUT2D eigenvalue weighted by Crippen LogP contribution is -2.40. The molecule has 1 atom stereocenters. The molecule has 6 heteroatoms. The number of aromatic nitrogens is 1. The van der Waals surface area contributed by atoms with Crippen LogP contribution in [-0.2, 0) is 9.53 Å². The van der Waals surface area contributed by atoms with Crippen LogP contribution in [-0.4, -0.2) is 47.6 Å². The zero-order chi connectivity index (χ0) is 20.5. The van der Waals surface area contributed by atoms with Gasteiger partial charge in [0.25, 0.3) is 5.91 Å². The SMILES string of the molecule is COc1ccc2c(c1)c(C(=O)OC(C)C(=O)N1CCCCCC1)c(C)n2C1CC1. The molecule has 29 heavy (non-hydrogen) atoms. The average molecular weight is 399 g/mol. The molecule has 4 rings (SSSR count). The summed E-state index contributed by atoms with van der Waals surface area (Å²) in [6, 6.07) is 6.24. The number of likely N-dealkylation sites (tertiary alicyclic amines) is 1. The number of amides is 1. The second-order valence-electron chi connectivity index (χ2n) is 8.23. The second-order valence-corrected chi connectivity index (χ2v) is 8.23. The van der Waals surface area contributed by atoms with Crippen LogP contribution in [0.2, 0.25) is 0 Å². The Bertz CT molecular complexity index is 921. The molecule has 2 fully saturated rings. The van der Waals surface area contributed by atoms with Gasteiger partial charge in [-0.15, -0.1) is 0 Å². The number of benzene rings is 1. The van der Waals surface area contributed by atoms with Gasteiger partial charge in [0.2, 0.25) is 0 Å². The second kappa shape index (κ2) is 8.09. The van der Waals surface area contributed by atoms with Crippen molar-refractivity contribution in [2.45, 2.75) is 64.5 Å². The van der Waals surface area contributed by atoms with Gasteiger partial charge in [-0.05, 0) is 57.7 Å². The van der Waals surface area contributed by atoms with Crippen molar-refractivity contribution in [3.63, 3.8) is 0 Å². The van der Waals surface area contributed by atoms with Crippen LogP contribution in [0.25, 0.3) is 10.9 Å². The Morgan fingerprint density at radius 2 is 1.79 bits per heavy atom. The van der Waals surface area contributed by atoms with Crippen molar-refractivity contribution in [2.75, 3.05) is 20.2 Å². The molecule has 2 heterocycles. The number of methoxy groups -OCH3 is 1. The van der Waals surface area contributed by atoms with Gasteiger partial charge in [0.15, 0.2) is 6.10 Å². The molecule has 0 bridgehead atoms. The molecule has 1 aliphatic heterocycles. The zero-order valence-corrected chi connectivity index (χ0v) is 17.6. The van der Waals surface area contributed by atoms with Crippen LogP contribution in [0, 0.1) is 6.92 Å². The number of carbonyl (C=O) groups excluding carboxylic acids is 2. The monoisotopic (exact) mass is 398 g/mol. The van der Waals surface area contributed by atoms with Gasteiger partial charge < -0.3 is 18.9 Å². The third-order valence-corrected chi connectivity index (χ3v) is 6.12. The lowest BCUT2D eigenvalue weighted by atomic mass is 10.1. The van der Waals surface area contributed by atoms with Crippen LogP contribution in [0.4, 0.5) is 0 Å². The first-order chi connectivity index (χ1) is 14.0. The Morgan fingerprint density at radius 1 is 1.10 bits per heavy atom. The molecule has 1 saturated carbocycles. The van der Waals surface area contributed by atoms with Gasteiger partial charge in [0.1, 0.15) is 5.75 Å². The number of nitrogens with zero attached hydrogens (tertiary/aromatic N) is 2. The molecule has 1 aliphatic carbocycles. The molecule has 2 aromatic rings. The maximum atomic E-state index is 13.2. The predicted molar refractivity (Wildman–Crippen MR) is 111 cm³/mol. The smallest absolute Gasteiger partial charge is 0.341 e. The molecule has 1 unspecified atom stereocenters. The highest BCUT2D eigenvalue weighted by Gasteiger charge is 2.32. The Hall–Kier alpha value is -2.50. The van der Waals surface area contributed by atoms with Gasteiger partial charge in [-0.25, -0.2) is 4.79 Å². The Balaban J connectivity index is 1.60. The summed E-state index contributed by atoms with van der Waals surface area (Å²) < 4.78 is 13.3. The zero-order valence-electron chi connectivity index (χ0n) is 17.6. The van der Waals surface area contributed by atoms with Gasteiger partial charge in [-0.3, -0.25) is 4.79 Å². The largest absolute Gasteiger partial charge is 0.497 e. The van der Waals surface area contributed by atoms with E-state index in [0.717, 1.165) is 68.2 Å². The van der Waals surface area contributed by atoms with E-state index in [-0.39, 0.29) is 5.91 Å². The minimum absolute atomic E-state index is 0.0959. The highest BCUT2D eigenvalue weighted by atomic mass is 16.5. The molecule has 156 valence electrons. The summed E-state index contributed by atoms with van der Waals surface area (Å²) in [5, 5.41) is 0.827. The number of hydrogen-bond acceptors (Lipinski definition) is 4. The van der Waals surface area contributed by atoms with Crippen LogP contribution in [0.15, 0.2) is 18.2 Å². The highest BCUT2D eigenvalue weighted by molar-refractivity contribution is 6.07. The van der Waals surface area contributed by atoms with Gasteiger partial charge in [0, 0.05) is 35.7 Å². The van der Waals surface area contributed by atoms with Crippen LogP contribution < -0.4 is 4.74 Å². The summed E-state index contributed by atoms with van der Waals surface area (Å²) in [7, 11) is 1.62. The first-order valence-corrected chi connectivity index (χ1v) is 10.7. The fourth-order valence-electron chi connectivity index (χ4n) is 4.43. The molecular weight excluding hydrogens is 368 g/mol. The van der Waals surface area contributed by atoms with Gasteiger partial charge in [0.05, 0.1) is 12.7 Å². The highest BCUT2D eigenvalue weighted by Crippen LogP contribution is 2.42. The predicted octanol–water partition coefficient (Wildman–Crippen LogP) is 4.24. The number of hydrogen-bond donors (Lipinski definition) is 0. The van der Waals surface area contributed by atoms with E-state index in [2.05, 4.69) is 4.57 Å². The van der Waals surface area contributed by atoms with Gasteiger partial charge in [-0.2, -0.15) is 0 Å². The lowest BCUT2D eigenvalue weighted by Gasteiger charge is -2.24. The average Bonchev–Trinajstić information content (AvgIpc) is 3.53. The van der Waals surface area contributed by atoms with Crippen molar-refractivity contribution in [2.24, 2.45) is 0 Å². The Morgan fingerprint density at radius 3 is 2.41 bits per heavy atom. The van der Waals surface area contributed by atoms with Crippen LogP contribution >= 0.6 is 0 Å². The van der Waals surface area contributed by atoms with Gasteiger partial charge in [-0.1, -0.05) is 12.8 Å². The summed E-state index contributed by atoms with van der Waals surface area (Å²) in [6.07, 6.45) is 5.79. The molecular formula is C23H30N2O4. The molecule has 1 amide bonds. The van der Waals surface area contributed by atoms with E-state index in [1.807, 2.05) is 30.0 Å². The third kappa shape index (κ3) is 3.85. The fourth-order valence-corrected chi connectivity index (χ4v) is 4.43. The number of fused-ring (bicyclic) bond motifs is 1. The summed E-state index contributed by atoms with van der Waals surface area (Å²) >= 11 is 0. The van der Waals surface area contributed by atoms with E-state index < -0.39 is 12.1 Å². The number of esters is 1. The first kappa shape index (κ1) is 19.8. The molecule has 0 N–H and O–H groups in total. The third-order valence-electron chi connectivity index (χ3n) is 6.12. The summed E-state index contributed by atoms with van der Waals surface area (Å²) in [5.41, 5.74) is 2.46. The van der Waals surface area contributed by atoms with E-state index in [9.17, 15) is 9.59 Å². The maximum absolute atomic E-state index is 13.2. The molecule has 1 aromatic carbocycles. The lowest BCUT2D eigenvalue weighted by molar-refractivity contribution is -0.139. The van der Waals surface area contributed by atoms with Crippen molar-refractivity contribution < 1.29 is 19.1 Å². The van der Waals surface area contributed by atoms with Crippen LogP contribution in [0.3, 0.4) is 0 Å². The fraction of sp³-hybridized carbons (Fsp3) is 0.565. The maximum Gasteiger partial charge on any atom is 0.341 e. The van der Waals surface area contributed by atoms with E-state index in [0.29, 0.717) is 17.4 Å². The summed E-state index contributed by atoms with van der Waals surface area (Å²) in [5.74, 6) is 0.172. The molecule has 1 saturated heterocycles. The minimum Gasteiger partial charge on any atom is -0.497 e. The molecule has 0 spiro atoms. The van der Waals surface area contributed by atoms with Crippen molar-refractivity contribution in [1.29, 1.82) is 0 Å². The van der Waals surface area contributed by atoms with Crippen molar-refractivity contribution in [1.82, 2.24) is 9.47 Å². The van der Waals surface area contributed by atoms with E-state index >= 15 is 0 Å². The standard InChI is InChI=1S/C23H30N2O4/c1-15-21(19-14-18(28-3)10-11-20(19)25(15)17-8-9-17)23(27)29-16(2)22(26)24-12-6-4-5-7-13-24/h10-11,14,16-17H,4-9,12-13H2,1-3H3. The summed E-state index contributed by atoms with van der Waals surface area (Å²) in [6.45, 7) is 5.14. The number of ether oxygens (including phenoxy) is 2. The topological polar surface area (TPSA) is 60.8 Å². The van der Waals surface area contributed by atoms with Crippen molar-refractivity contribution in [3.05, 3.63) is 29.5 Å². The van der Waals surface area contributed by atoms with E-state index in [4.69, 9.17) is 9.47 Å². The van der Waals surface area contributed by atoms with E-state index in [1.165, 1.54) is 0 Å². The molecule has 6 nitrogen and oxygen atoms in total. The normalized spacial score (nSPS) is 18.4. The molecule has 2 aliphatic rings. The molecule has 1 aromatic heterocycles. The van der Waals surface area contributed by atoms with Gasteiger partial charge >= 0.3 is 5.97 Å². The first-order valence-electron chi connectivity index (χ1n) is 10.7. The summed E-state index contributed by atoms with van der Waals surface area (Å²) in [4.78, 5) is 27.8. The van der Waals surface area contributed by atoms with E-state index in [1.54, 1.807) is 14.0 Å². The number of rotatable bonds is 5. The molecule has 0 radical (unpaired) electrons. The van der Waals surface area contributed by atoms with Crippen molar-refractivity contribution >= 4 is 22.8 Å². The Labute approximate surface area is 171 Å². The minimum atomic E-state index is -0.787. The number of carbonyl (C=O) groups is 2. The Kier molecular flexibility index (Phi) is 5.52.